The molecule has 150 valence electrons. The molecular formula is C25H33NO2. The SMILES string of the molecule is C[C@H](CN1CCC2(C)c3cccc(O)c3C[C@@H]1C2(C)C)OCc1ccccc1. The fourth-order valence-corrected chi connectivity index (χ4v) is 5.45. The number of rotatable bonds is 5. The van der Waals surface area contributed by atoms with E-state index in [0.717, 1.165) is 31.5 Å². The Labute approximate surface area is 169 Å². The molecule has 3 heteroatoms. The lowest BCUT2D eigenvalue weighted by atomic mass is 9.51. The summed E-state index contributed by atoms with van der Waals surface area (Å²) in [5, 5.41) is 10.5. The number of hydrogen-bond donors (Lipinski definition) is 1. The lowest BCUT2D eigenvalue weighted by Gasteiger charge is -2.61. The fraction of sp³-hybridized carbons (Fsp3) is 0.520. The molecule has 4 rings (SSSR count). The zero-order valence-corrected chi connectivity index (χ0v) is 17.6. The van der Waals surface area contributed by atoms with E-state index in [9.17, 15) is 5.11 Å². The van der Waals surface area contributed by atoms with E-state index in [0.29, 0.717) is 18.4 Å². The molecule has 0 saturated carbocycles. The van der Waals surface area contributed by atoms with E-state index in [1.54, 1.807) is 0 Å². The minimum Gasteiger partial charge on any atom is -0.508 e. The van der Waals surface area contributed by atoms with Crippen LogP contribution in [0.3, 0.4) is 0 Å². The minimum absolute atomic E-state index is 0.0919. The smallest absolute Gasteiger partial charge is 0.119 e. The molecular weight excluding hydrogens is 346 g/mol. The van der Waals surface area contributed by atoms with Crippen molar-refractivity contribution in [3.8, 4) is 5.75 Å². The van der Waals surface area contributed by atoms with Crippen LogP contribution in [0, 0.1) is 5.41 Å². The maximum Gasteiger partial charge on any atom is 0.119 e. The van der Waals surface area contributed by atoms with Crippen molar-refractivity contribution >= 4 is 0 Å². The van der Waals surface area contributed by atoms with Crippen LogP contribution < -0.4 is 0 Å². The third kappa shape index (κ3) is 3.15. The summed E-state index contributed by atoms with van der Waals surface area (Å²) in [5.41, 5.74) is 3.95. The van der Waals surface area contributed by atoms with Crippen LogP contribution in [-0.4, -0.2) is 35.2 Å². The normalized spacial score (nSPS) is 27.2. The van der Waals surface area contributed by atoms with E-state index in [4.69, 9.17) is 4.74 Å². The Morgan fingerprint density at radius 3 is 2.61 bits per heavy atom. The molecule has 2 bridgehead atoms. The summed E-state index contributed by atoms with van der Waals surface area (Å²) in [6, 6.07) is 16.9. The molecule has 1 unspecified atom stereocenters. The molecule has 0 aromatic heterocycles. The Hall–Kier alpha value is -1.84. The van der Waals surface area contributed by atoms with Crippen molar-refractivity contribution in [1.82, 2.24) is 4.90 Å². The first kappa shape index (κ1) is 19.5. The van der Waals surface area contributed by atoms with Crippen molar-refractivity contribution in [2.24, 2.45) is 5.41 Å². The molecule has 0 radical (unpaired) electrons. The molecule has 1 aliphatic carbocycles. The summed E-state index contributed by atoms with van der Waals surface area (Å²) in [6.45, 7) is 12.1. The van der Waals surface area contributed by atoms with Crippen LogP contribution in [0.5, 0.6) is 5.75 Å². The van der Waals surface area contributed by atoms with Gasteiger partial charge in [0.2, 0.25) is 0 Å². The Kier molecular flexibility index (Phi) is 5.01. The number of nitrogens with zero attached hydrogens (tertiary/aromatic N) is 1. The molecule has 2 aromatic rings. The largest absolute Gasteiger partial charge is 0.508 e. The fourth-order valence-electron chi connectivity index (χ4n) is 5.45. The summed E-state index contributed by atoms with van der Waals surface area (Å²) in [5.74, 6) is 0.458. The Balaban J connectivity index is 1.51. The van der Waals surface area contributed by atoms with Gasteiger partial charge in [0.25, 0.3) is 0 Å². The Morgan fingerprint density at radius 2 is 1.86 bits per heavy atom. The summed E-state index contributed by atoms with van der Waals surface area (Å²) in [6.07, 6.45) is 2.19. The molecule has 1 fully saturated rings. The molecule has 1 saturated heterocycles. The number of aromatic hydroxyl groups is 1. The first-order valence-corrected chi connectivity index (χ1v) is 10.5. The van der Waals surface area contributed by atoms with E-state index in [2.05, 4.69) is 62.9 Å². The lowest BCUT2D eigenvalue weighted by Crippen LogP contribution is -2.64. The predicted octanol–water partition coefficient (Wildman–Crippen LogP) is 4.91. The van der Waals surface area contributed by atoms with E-state index in [-0.39, 0.29) is 16.9 Å². The van der Waals surface area contributed by atoms with Gasteiger partial charge >= 0.3 is 0 Å². The van der Waals surface area contributed by atoms with Crippen molar-refractivity contribution < 1.29 is 9.84 Å². The second-order valence-electron chi connectivity index (χ2n) is 9.43. The number of fused-ring (bicyclic) bond motifs is 4. The number of likely N-dealkylation sites (tertiary alicyclic amines) is 1. The minimum atomic E-state index is 0.0919. The molecule has 1 heterocycles. The van der Waals surface area contributed by atoms with Gasteiger partial charge in [0.05, 0.1) is 12.7 Å². The van der Waals surface area contributed by atoms with Gasteiger partial charge in [-0.3, -0.25) is 4.90 Å². The third-order valence-electron chi connectivity index (χ3n) is 7.61. The van der Waals surface area contributed by atoms with Gasteiger partial charge < -0.3 is 9.84 Å². The van der Waals surface area contributed by atoms with Crippen LogP contribution in [0.25, 0.3) is 0 Å². The molecule has 0 spiro atoms. The van der Waals surface area contributed by atoms with Crippen LogP contribution in [0.2, 0.25) is 0 Å². The lowest BCUT2D eigenvalue weighted by molar-refractivity contribution is -0.0651. The Bertz CT molecular complexity index is 832. The van der Waals surface area contributed by atoms with Crippen LogP contribution in [0.15, 0.2) is 48.5 Å². The van der Waals surface area contributed by atoms with Gasteiger partial charge in [0.1, 0.15) is 5.75 Å². The van der Waals surface area contributed by atoms with E-state index >= 15 is 0 Å². The number of benzene rings is 2. The van der Waals surface area contributed by atoms with Crippen molar-refractivity contribution in [1.29, 1.82) is 0 Å². The predicted molar refractivity (Wildman–Crippen MR) is 114 cm³/mol. The number of ether oxygens (including phenoxy) is 1. The average Bonchev–Trinajstić information content (AvgIpc) is 2.67. The maximum absolute atomic E-state index is 10.5. The van der Waals surface area contributed by atoms with Gasteiger partial charge in [0, 0.05) is 18.0 Å². The zero-order chi connectivity index (χ0) is 19.9. The van der Waals surface area contributed by atoms with Gasteiger partial charge in [-0.05, 0) is 54.5 Å². The van der Waals surface area contributed by atoms with Crippen molar-refractivity contribution in [3.63, 3.8) is 0 Å². The average molecular weight is 380 g/mol. The maximum atomic E-state index is 10.5. The van der Waals surface area contributed by atoms with Crippen molar-refractivity contribution in [2.75, 3.05) is 13.1 Å². The highest BCUT2D eigenvalue weighted by atomic mass is 16.5. The van der Waals surface area contributed by atoms with E-state index in [1.807, 2.05) is 18.2 Å². The second-order valence-corrected chi connectivity index (χ2v) is 9.43. The highest BCUT2D eigenvalue weighted by Crippen LogP contribution is 2.57. The summed E-state index contributed by atoms with van der Waals surface area (Å²) >= 11 is 0. The van der Waals surface area contributed by atoms with Gasteiger partial charge in [0.15, 0.2) is 0 Å². The van der Waals surface area contributed by atoms with Gasteiger partial charge in [-0.15, -0.1) is 0 Å². The molecule has 28 heavy (non-hydrogen) atoms. The van der Waals surface area contributed by atoms with Gasteiger partial charge in [-0.2, -0.15) is 0 Å². The van der Waals surface area contributed by atoms with Crippen molar-refractivity contribution in [2.45, 2.75) is 64.7 Å². The summed E-state index contributed by atoms with van der Waals surface area (Å²) in [7, 11) is 0. The highest BCUT2D eigenvalue weighted by molar-refractivity contribution is 5.48. The van der Waals surface area contributed by atoms with E-state index in [1.165, 1.54) is 11.1 Å². The first-order valence-electron chi connectivity index (χ1n) is 10.5. The summed E-state index contributed by atoms with van der Waals surface area (Å²) in [4.78, 5) is 2.60. The first-order chi connectivity index (χ1) is 13.3. The number of piperidine rings is 1. The standard InChI is InChI=1S/C25H33NO2/c1-18(28-17-19-9-6-5-7-10-19)16-26-14-13-25(4)21-11-8-12-22(27)20(21)15-23(26)24(25,2)3/h5-12,18,23,27H,13-17H2,1-4H3/t18-,23-,25?/m1/s1. The third-order valence-corrected chi connectivity index (χ3v) is 7.61. The highest BCUT2D eigenvalue weighted by Gasteiger charge is 2.56. The Morgan fingerprint density at radius 1 is 1.11 bits per heavy atom. The van der Waals surface area contributed by atoms with Gasteiger partial charge in [-0.1, -0.05) is 63.2 Å². The molecule has 2 aliphatic rings. The molecule has 1 aliphatic heterocycles. The van der Waals surface area contributed by atoms with Crippen molar-refractivity contribution in [3.05, 3.63) is 65.2 Å². The monoisotopic (exact) mass is 379 g/mol. The second kappa shape index (κ2) is 7.20. The molecule has 1 N–H and O–H groups in total. The number of phenolic OH excluding ortho intramolecular Hbond substituents is 1. The number of phenols is 1. The molecule has 3 atom stereocenters. The van der Waals surface area contributed by atoms with E-state index < -0.39 is 0 Å². The summed E-state index contributed by atoms with van der Waals surface area (Å²) < 4.78 is 6.16. The van der Waals surface area contributed by atoms with Crippen LogP contribution >= 0.6 is 0 Å². The van der Waals surface area contributed by atoms with Gasteiger partial charge in [-0.25, -0.2) is 0 Å². The zero-order valence-electron chi connectivity index (χ0n) is 17.6. The molecule has 3 nitrogen and oxygen atoms in total. The topological polar surface area (TPSA) is 32.7 Å². The number of hydrogen-bond acceptors (Lipinski definition) is 3. The molecule has 0 amide bonds. The quantitative estimate of drug-likeness (QED) is 0.801. The van der Waals surface area contributed by atoms with Crippen LogP contribution in [-0.2, 0) is 23.2 Å². The van der Waals surface area contributed by atoms with Crippen LogP contribution in [0.1, 0.15) is 50.8 Å². The van der Waals surface area contributed by atoms with Crippen LogP contribution in [0.4, 0.5) is 0 Å². The molecule has 2 aromatic carbocycles.